The molecule has 114 valence electrons. The Morgan fingerprint density at radius 1 is 1.29 bits per heavy atom. The summed E-state index contributed by atoms with van der Waals surface area (Å²) < 4.78 is 0. The fraction of sp³-hybridized carbons (Fsp3) is 0.588. The fourth-order valence-corrected chi connectivity index (χ4v) is 4.08. The highest BCUT2D eigenvalue weighted by Gasteiger charge is 2.40. The van der Waals surface area contributed by atoms with Gasteiger partial charge in [0.15, 0.2) is 0 Å². The quantitative estimate of drug-likeness (QED) is 0.877. The third-order valence-corrected chi connectivity index (χ3v) is 5.33. The zero-order valence-corrected chi connectivity index (χ0v) is 12.9. The van der Waals surface area contributed by atoms with Crippen LogP contribution in [-0.2, 0) is 4.79 Å². The number of hydrogen-bond acceptors (Lipinski definition) is 2. The van der Waals surface area contributed by atoms with Crippen LogP contribution in [0.4, 0.5) is 0 Å². The smallest absolute Gasteiger partial charge is 0.220 e. The van der Waals surface area contributed by atoms with Crippen LogP contribution in [-0.4, -0.2) is 17.6 Å². The fourth-order valence-electron chi connectivity index (χ4n) is 3.95. The van der Waals surface area contributed by atoms with Gasteiger partial charge in [-0.3, -0.25) is 4.79 Å². The minimum atomic E-state index is -0.675. The summed E-state index contributed by atoms with van der Waals surface area (Å²) in [5, 5.41) is 13.6. The van der Waals surface area contributed by atoms with Gasteiger partial charge in [-0.25, -0.2) is 0 Å². The van der Waals surface area contributed by atoms with Gasteiger partial charge in [0.25, 0.3) is 0 Å². The van der Waals surface area contributed by atoms with Gasteiger partial charge >= 0.3 is 0 Å². The molecule has 1 aromatic rings. The zero-order chi connectivity index (χ0) is 14.8. The molecule has 2 fully saturated rings. The third kappa shape index (κ3) is 3.58. The van der Waals surface area contributed by atoms with Crippen molar-refractivity contribution >= 4 is 17.5 Å². The van der Waals surface area contributed by atoms with Crippen molar-refractivity contribution in [3.63, 3.8) is 0 Å². The van der Waals surface area contributed by atoms with Crippen LogP contribution in [0.2, 0.25) is 5.02 Å². The van der Waals surface area contributed by atoms with Gasteiger partial charge in [0, 0.05) is 18.0 Å². The van der Waals surface area contributed by atoms with E-state index in [0.717, 1.165) is 17.4 Å². The molecule has 2 bridgehead atoms. The van der Waals surface area contributed by atoms with Crippen molar-refractivity contribution in [2.45, 2.75) is 38.2 Å². The molecule has 1 aromatic carbocycles. The lowest BCUT2D eigenvalue weighted by Gasteiger charge is -2.21. The van der Waals surface area contributed by atoms with E-state index in [1.807, 2.05) is 0 Å². The van der Waals surface area contributed by atoms with E-state index in [9.17, 15) is 9.90 Å². The van der Waals surface area contributed by atoms with Crippen LogP contribution in [0.5, 0.6) is 0 Å². The second kappa shape index (κ2) is 6.37. The van der Waals surface area contributed by atoms with Gasteiger partial charge in [-0.05, 0) is 54.7 Å². The first-order chi connectivity index (χ1) is 10.1. The van der Waals surface area contributed by atoms with Crippen LogP contribution in [0, 0.1) is 17.8 Å². The predicted octanol–water partition coefficient (Wildman–Crippen LogP) is 3.32. The molecule has 4 atom stereocenters. The summed E-state index contributed by atoms with van der Waals surface area (Å²) >= 11 is 5.82. The lowest BCUT2D eigenvalue weighted by atomic mass is 9.86. The SMILES string of the molecule is O=C(CC1CC2CCC1C2)NCC(O)c1ccc(Cl)cc1. The van der Waals surface area contributed by atoms with Gasteiger partial charge in [-0.15, -0.1) is 0 Å². The summed E-state index contributed by atoms with van der Waals surface area (Å²) in [7, 11) is 0. The molecule has 3 rings (SSSR count). The van der Waals surface area contributed by atoms with Crippen LogP contribution >= 0.6 is 11.6 Å². The van der Waals surface area contributed by atoms with Crippen LogP contribution < -0.4 is 5.32 Å². The highest BCUT2D eigenvalue weighted by atomic mass is 35.5. The predicted molar refractivity (Wildman–Crippen MR) is 83.0 cm³/mol. The summed E-state index contributed by atoms with van der Waals surface area (Å²) in [6, 6.07) is 7.07. The second-order valence-corrected chi connectivity index (χ2v) is 6.95. The Labute approximate surface area is 130 Å². The molecule has 0 aromatic heterocycles. The van der Waals surface area contributed by atoms with Gasteiger partial charge in [0.2, 0.25) is 5.91 Å². The average molecular weight is 308 g/mol. The molecule has 0 spiro atoms. The summed E-state index contributed by atoms with van der Waals surface area (Å²) in [6.07, 6.45) is 5.15. The van der Waals surface area contributed by atoms with Crippen LogP contribution in [0.15, 0.2) is 24.3 Å². The van der Waals surface area contributed by atoms with E-state index >= 15 is 0 Å². The normalized spacial score (nSPS) is 28.6. The molecule has 0 aliphatic heterocycles. The summed E-state index contributed by atoms with van der Waals surface area (Å²) in [5.74, 6) is 2.27. The first-order valence-corrected chi connectivity index (χ1v) is 8.20. The second-order valence-electron chi connectivity index (χ2n) is 6.51. The standard InChI is InChI=1S/C17H22ClNO2/c18-15-5-3-12(4-6-15)16(20)10-19-17(21)9-14-8-11-1-2-13(14)7-11/h3-6,11,13-14,16,20H,1-2,7-10H2,(H,19,21). The molecule has 4 unspecified atom stereocenters. The molecule has 4 heteroatoms. The van der Waals surface area contributed by atoms with Crippen molar-refractivity contribution in [2.24, 2.45) is 17.8 Å². The van der Waals surface area contributed by atoms with Crippen molar-refractivity contribution in [3.05, 3.63) is 34.9 Å². The minimum Gasteiger partial charge on any atom is -0.387 e. The lowest BCUT2D eigenvalue weighted by molar-refractivity contribution is -0.122. The van der Waals surface area contributed by atoms with Gasteiger partial charge in [-0.1, -0.05) is 30.2 Å². The molecule has 0 radical (unpaired) electrons. The van der Waals surface area contributed by atoms with E-state index in [2.05, 4.69) is 5.32 Å². The Morgan fingerprint density at radius 3 is 2.67 bits per heavy atom. The van der Waals surface area contributed by atoms with Gasteiger partial charge in [0.1, 0.15) is 0 Å². The number of carbonyl (C=O) groups excluding carboxylic acids is 1. The topological polar surface area (TPSA) is 49.3 Å². The maximum Gasteiger partial charge on any atom is 0.220 e. The molecule has 1 amide bonds. The number of benzene rings is 1. The monoisotopic (exact) mass is 307 g/mol. The highest BCUT2D eigenvalue weighted by molar-refractivity contribution is 6.30. The Morgan fingerprint density at radius 2 is 2.05 bits per heavy atom. The molecular weight excluding hydrogens is 286 g/mol. The van der Waals surface area contributed by atoms with Crippen LogP contribution in [0.25, 0.3) is 0 Å². The summed E-state index contributed by atoms with van der Waals surface area (Å²) in [6.45, 7) is 0.265. The summed E-state index contributed by atoms with van der Waals surface area (Å²) in [5.41, 5.74) is 0.777. The molecular formula is C17H22ClNO2. The summed E-state index contributed by atoms with van der Waals surface area (Å²) in [4.78, 5) is 12.0. The molecule has 0 heterocycles. The number of aliphatic hydroxyl groups excluding tert-OH is 1. The van der Waals surface area contributed by atoms with Crippen molar-refractivity contribution in [1.82, 2.24) is 5.32 Å². The molecule has 2 saturated carbocycles. The van der Waals surface area contributed by atoms with Crippen LogP contribution in [0.1, 0.15) is 43.8 Å². The molecule has 2 N–H and O–H groups in total. The number of aliphatic hydroxyl groups is 1. The molecule has 2 aliphatic carbocycles. The van der Waals surface area contributed by atoms with E-state index in [-0.39, 0.29) is 12.5 Å². The third-order valence-electron chi connectivity index (χ3n) is 5.08. The van der Waals surface area contributed by atoms with Crippen molar-refractivity contribution in [3.8, 4) is 0 Å². The Hall–Kier alpha value is -1.06. The van der Waals surface area contributed by atoms with E-state index in [1.54, 1.807) is 24.3 Å². The number of carbonyl (C=O) groups is 1. The van der Waals surface area contributed by atoms with E-state index in [4.69, 9.17) is 11.6 Å². The average Bonchev–Trinajstić information content (AvgIpc) is 3.08. The Balaban J connectivity index is 1.44. The van der Waals surface area contributed by atoms with E-state index in [0.29, 0.717) is 17.4 Å². The highest BCUT2D eigenvalue weighted by Crippen LogP contribution is 2.49. The number of halogens is 1. The Kier molecular flexibility index (Phi) is 4.51. The number of hydrogen-bond donors (Lipinski definition) is 2. The van der Waals surface area contributed by atoms with Crippen molar-refractivity contribution < 1.29 is 9.90 Å². The van der Waals surface area contributed by atoms with Gasteiger partial charge < -0.3 is 10.4 Å². The number of rotatable bonds is 5. The van der Waals surface area contributed by atoms with Crippen LogP contribution in [0.3, 0.4) is 0 Å². The lowest BCUT2D eigenvalue weighted by Crippen LogP contribution is -2.30. The first-order valence-electron chi connectivity index (χ1n) is 7.82. The van der Waals surface area contributed by atoms with Crippen molar-refractivity contribution in [2.75, 3.05) is 6.54 Å². The first kappa shape index (κ1) is 14.9. The van der Waals surface area contributed by atoms with Crippen molar-refractivity contribution in [1.29, 1.82) is 0 Å². The minimum absolute atomic E-state index is 0.0700. The van der Waals surface area contributed by atoms with E-state index in [1.165, 1.54) is 25.7 Å². The zero-order valence-electron chi connectivity index (χ0n) is 12.1. The Bertz CT molecular complexity index is 502. The molecule has 0 saturated heterocycles. The van der Waals surface area contributed by atoms with Gasteiger partial charge in [-0.2, -0.15) is 0 Å². The molecule has 2 aliphatic rings. The number of fused-ring (bicyclic) bond motifs is 2. The maximum absolute atomic E-state index is 12.0. The largest absolute Gasteiger partial charge is 0.387 e. The maximum atomic E-state index is 12.0. The molecule has 21 heavy (non-hydrogen) atoms. The van der Waals surface area contributed by atoms with E-state index < -0.39 is 6.10 Å². The number of nitrogens with one attached hydrogen (secondary N) is 1. The van der Waals surface area contributed by atoms with Gasteiger partial charge in [0.05, 0.1) is 6.10 Å². The molecule has 3 nitrogen and oxygen atoms in total. The number of amides is 1.